The number of rotatable bonds is 5. The smallest absolute Gasteiger partial charge is 0.348 e. The van der Waals surface area contributed by atoms with Gasteiger partial charge in [-0.15, -0.1) is 0 Å². The van der Waals surface area contributed by atoms with Gasteiger partial charge in [0.1, 0.15) is 31.4 Å². The number of carbonyl (C=O) groups excluding carboxylic acids is 4. The highest BCUT2D eigenvalue weighted by Crippen LogP contribution is 2.39. The minimum atomic E-state index is -3.78. The van der Waals surface area contributed by atoms with Gasteiger partial charge >= 0.3 is 5.92 Å². The zero-order valence-electron chi connectivity index (χ0n) is 21.2. The van der Waals surface area contributed by atoms with Gasteiger partial charge in [0, 0.05) is 29.1 Å². The zero-order valence-corrected chi connectivity index (χ0v) is 22.0. The average Bonchev–Trinajstić information content (AvgIpc) is 3.17. The van der Waals surface area contributed by atoms with E-state index in [1.807, 2.05) is 0 Å². The minimum Gasteiger partial charge on any atom is -0.393 e. The standard InChI is InChI=1S/C22H23B5ClF2N3O4/c23-15-8-16(34)31-18(36)20(15,24)32-9-10-7-12(3-6-14(10)17(32)35)22(25,26)33(27)19(37)21(29,30)11-1-4-13(28)5-2-11/h1-7,15H,8-9,23-27H2,(H,31,34,36). The molecule has 2 aliphatic rings. The zero-order chi connectivity index (χ0) is 27.5. The van der Waals surface area contributed by atoms with Gasteiger partial charge in [0.05, 0.1) is 5.44 Å². The highest BCUT2D eigenvalue weighted by molar-refractivity contribution is 6.43. The number of hydrogen-bond donors (Lipinski definition) is 1. The van der Waals surface area contributed by atoms with Gasteiger partial charge in [0.15, 0.2) is 0 Å². The Morgan fingerprint density at radius 2 is 1.70 bits per heavy atom. The van der Waals surface area contributed by atoms with Crippen LogP contribution in [0.1, 0.15) is 33.5 Å². The first kappa shape index (κ1) is 27.0. The monoisotopic (exact) mass is 521 g/mol. The van der Waals surface area contributed by atoms with Crippen molar-refractivity contribution in [2.24, 2.45) is 0 Å². The molecule has 186 valence electrons. The van der Waals surface area contributed by atoms with Gasteiger partial charge in [0.25, 0.3) is 11.8 Å². The summed E-state index contributed by atoms with van der Waals surface area (Å²) in [7, 11) is 7.98. The van der Waals surface area contributed by atoms with Crippen LogP contribution in [0.2, 0.25) is 10.8 Å². The molecule has 0 saturated carbocycles. The summed E-state index contributed by atoms with van der Waals surface area (Å²) in [5, 5.41) is 1.44. The summed E-state index contributed by atoms with van der Waals surface area (Å²) in [5.41, 5.74) is -0.152. The van der Waals surface area contributed by atoms with E-state index < -0.39 is 39.9 Å². The third kappa shape index (κ3) is 4.29. The van der Waals surface area contributed by atoms with Gasteiger partial charge in [-0.2, -0.15) is 8.78 Å². The topological polar surface area (TPSA) is 86.8 Å². The van der Waals surface area contributed by atoms with Crippen molar-refractivity contribution >= 4 is 74.6 Å². The van der Waals surface area contributed by atoms with Crippen LogP contribution in [0.3, 0.4) is 0 Å². The fourth-order valence-electron chi connectivity index (χ4n) is 4.91. The second kappa shape index (κ2) is 9.08. The molecular weight excluding hydrogens is 498 g/mol. The third-order valence-electron chi connectivity index (χ3n) is 7.96. The number of piperidine rings is 1. The Morgan fingerprint density at radius 1 is 1.11 bits per heavy atom. The molecule has 4 amide bonds. The van der Waals surface area contributed by atoms with Crippen LogP contribution < -0.4 is 5.32 Å². The summed E-state index contributed by atoms with van der Waals surface area (Å²) in [6.07, 6.45) is 0.107. The first-order chi connectivity index (χ1) is 17.1. The second-order valence-corrected chi connectivity index (χ2v) is 10.8. The van der Waals surface area contributed by atoms with Gasteiger partial charge in [-0.3, -0.25) is 24.5 Å². The third-order valence-corrected chi connectivity index (χ3v) is 8.21. The van der Waals surface area contributed by atoms with Crippen LogP contribution >= 0.6 is 11.6 Å². The predicted octanol–water partition coefficient (Wildman–Crippen LogP) is -2.36. The first-order valence-electron chi connectivity index (χ1n) is 11.8. The Balaban J connectivity index is 1.62. The van der Waals surface area contributed by atoms with Crippen LogP contribution in [-0.4, -0.2) is 78.1 Å². The molecule has 2 aromatic rings. The molecule has 2 aliphatic heterocycles. The molecule has 0 spiro atoms. The number of fused-ring (bicyclic) bond motifs is 1. The van der Waals surface area contributed by atoms with Crippen molar-refractivity contribution in [2.75, 3.05) is 0 Å². The Labute approximate surface area is 222 Å². The number of alkyl halides is 2. The van der Waals surface area contributed by atoms with Crippen molar-refractivity contribution < 1.29 is 28.0 Å². The Morgan fingerprint density at radius 3 is 2.30 bits per heavy atom. The van der Waals surface area contributed by atoms with E-state index in [2.05, 4.69) is 5.32 Å². The highest BCUT2D eigenvalue weighted by Gasteiger charge is 2.52. The number of imide groups is 1. The van der Waals surface area contributed by atoms with E-state index in [0.29, 0.717) is 16.7 Å². The van der Waals surface area contributed by atoms with Crippen molar-refractivity contribution in [2.45, 2.75) is 35.5 Å². The lowest BCUT2D eigenvalue weighted by atomic mass is 9.55. The number of amides is 4. The molecule has 0 radical (unpaired) electrons. The molecule has 1 N–H and O–H groups in total. The number of benzene rings is 2. The predicted molar refractivity (Wildman–Crippen MR) is 147 cm³/mol. The molecule has 2 atom stereocenters. The summed E-state index contributed by atoms with van der Waals surface area (Å²) in [4.78, 5) is 53.3. The summed E-state index contributed by atoms with van der Waals surface area (Å²) < 4.78 is 30.2. The number of hydrogen-bond acceptors (Lipinski definition) is 4. The normalized spacial score (nSPS) is 22.0. The number of carbonyl (C=O) groups is 4. The lowest BCUT2D eigenvalue weighted by Gasteiger charge is -2.44. The lowest BCUT2D eigenvalue weighted by molar-refractivity contribution is -0.155. The van der Waals surface area contributed by atoms with Crippen LogP contribution in [0.15, 0.2) is 42.5 Å². The lowest BCUT2D eigenvalue weighted by Crippen LogP contribution is -2.66. The van der Waals surface area contributed by atoms with E-state index in [0.717, 1.165) is 16.9 Å². The Hall–Kier alpha value is -3.01. The van der Waals surface area contributed by atoms with Gasteiger partial charge in [-0.25, -0.2) is 0 Å². The quantitative estimate of drug-likeness (QED) is 0.353. The van der Waals surface area contributed by atoms with Gasteiger partial charge in [-0.05, 0) is 40.5 Å². The molecule has 2 unspecified atom stereocenters. The summed E-state index contributed by atoms with van der Waals surface area (Å²) >= 11 is 5.80. The van der Waals surface area contributed by atoms with Crippen LogP contribution in [0.5, 0.6) is 0 Å². The fraction of sp³-hybridized carbons (Fsp3) is 0.273. The van der Waals surface area contributed by atoms with E-state index in [1.54, 1.807) is 49.6 Å². The average molecular weight is 521 g/mol. The molecule has 0 bridgehead atoms. The summed E-state index contributed by atoms with van der Waals surface area (Å²) in [5.74, 6) is -6.84. The van der Waals surface area contributed by atoms with E-state index >= 15 is 8.78 Å². The highest BCUT2D eigenvalue weighted by atomic mass is 35.5. The van der Waals surface area contributed by atoms with Gasteiger partial charge in [0.2, 0.25) is 19.8 Å². The number of halogens is 3. The molecule has 37 heavy (non-hydrogen) atoms. The van der Waals surface area contributed by atoms with E-state index in [-0.39, 0.29) is 29.8 Å². The first-order valence-corrected chi connectivity index (χ1v) is 12.2. The van der Waals surface area contributed by atoms with Crippen LogP contribution in [0.25, 0.3) is 0 Å². The molecule has 4 rings (SSSR count). The van der Waals surface area contributed by atoms with Crippen LogP contribution in [0.4, 0.5) is 8.78 Å². The maximum absolute atomic E-state index is 15.1. The van der Waals surface area contributed by atoms with Crippen molar-refractivity contribution in [1.82, 2.24) is 15.0 Å². The van der Waals surface area contributed by atoms with Crippen molar-refractivity contribution in [3.63, 3.8) is 0 Å². The summed E-state index contributed by atoms with van der Waals surface area (Å²) in [6, 6.07) is 9.76. The molecule has 1 fully saturated rings. The molecular formula is C22H23B5ClF2N3O4. The number of nitrogens with zero attached hydrogens (tertiary/aromatic N) is 2. The molecule has 0 aliphatic carbocycles. The minimum absolute atomic E-state index is 0.107. The van der Waals surface area contributed by atoms with Crippen LogP contribution in [0, 0.1) is 0 Å². The maximum Gasteiger partial charge on any atom is 0.348 e. The Kier molecular flexibility index (Phi) is 6.63. The van der Waals surface area contributed by atoms with Gasteiger partial charge in [-0.1, -0.05) is 35.9 Å². The molecule has 0 aromatic heterocycles. The molecule has 2 aromatic carbocycles. The van der Waals surface area contributed by atoms with Gasteiger partial charge < -0.3 is 9.71 Å². The van der Waals surface area contributed by atoms with Crippen LogP contribution in [-0.2, 0) is 32.2 Å². The molecule has 1 saturated heterocycles. The van der Waals surface area contributed by atoms with E-state index in [9.17, 15) is 19.2 Å². The number of nitrogens with one attached hydrogen (secondary N) is 1. The molecule has 2 heterocycles. The summed E-state index contributed by atoms with van der Waals surface area (Å²) in [6.45, 7) is 0.110. The van der Waals surface area contributed by atoms with Crippen molar-refractivity contribution in [3.05, 3.63) is 69.7 Å². The van der Waals surface area contributed by atoms with E-state index in [1.165, 1.54) is 25.0 Å². The van der Waals surface area contributed by atoms with Crippen molar-refractivity contribution in [1.29, 1.82) is 0 Å². The second-order valence-electron chi connectivity index (χ2n) is 10.4. The largest absolute Gasteiger partial charge is 0.393 e. The maximum atomic E-state index is 15.1. The van der Waals surface area contributed by atoms with Crippen molar-refractivity contribution in [3.8, 4) is 0 Å². The molecule has 7 nitrogen and oxygen atoms in total. The fourth-order valence-corrected chi connectivity index (χ4v) is 5.04. The van der Waals surface area contributed by atoms with E-state index in [4.69, 9.17) is 11.6 Å². The molecule has 15 heteroatoms. The SMILES string of the molecule is BC1CC(=O)NC(=O)C1(B)N1Cc2cc(C(B)(B)N(B)C(=O)C(F)(F)c3ccc(Cl)cc3)ccc2C1=O. The Bertz CT molecular complexity index is 1330.